The average Bonchev–Trinajstić information content (AvgIpc) is 2.16. The van der Waals surface area contributed by atoms with E-state index in [1.54, 1.807) is 18.2 Å². The van der Waals surface area contributed by atoms with Gasteiger partial charge in [0.25, 0.3) is 5.91 Å². The molecule has 0 fully saturated rings. The first-order valence-electron chi connectivity index (χ1n) is 4.47. The summed E-state index contributed by atoms with van der Waals surface area (Å²) < 4.78 is 0.775. The van der Waals surface area contributed by atoms with E-state index in [9.17, 15) is 9.59 Å². The molecule has 0 spiro atoms. The minimum absolute atomic E-state index is 0.304. The molecule has 2 amide bonds. The van der Waals surface area contributed by atoms with Crippen LogP contribution in [0.4, 0.5) is 0 Å². The molecule has 1 atom stereocenters. The lowest BCUT2D eigenvalue weighted by Crippen LogP contribution is -2.42. The Bertz CT molecular complexity index is 437. The maximum Gasteiger partial charge on any atom is 0.253 e. The Morgan fingerprint density at radius 1 is 1.50 bits per heavy atom. The fourth-order valence-electron chi connectivity index (χ4n) is 1.02. The van der Waals surface area contributed by atoms with Crippen molar-refractivity contribution in [1.29, 1.82) is 0 Å². The van der Waals surface area contributed by atoms with Gasteiger partial charge in [-0.1, -0.05) is 27.5 Å². The lowest BCUT2D eigenvalue weighted by molar-refractivity contribution is -0.119. The molecule has 6 heteroatoms. The predicted octanol–water partition coefficient (Wildman–Crippen LogP) is 1.71. The predicted molar refractivity (Wildman–Crippen MR) is 65.3 cm³/mol. The second-order valence-corrected chi connectivity index (χ2v) is 4.54. The summed E-state index contributed by atoms with van der Waals surface area (Å²) in [5.41, 5.74) is 5.33. The molecule has 1 rings (SSSR count). The lowest BCUT2D eigenvalue weighted by Gasteiger charge is -2.11. The van der Waals surface area contributed by atoms with Crippen LogP contribution < -0.4 is 11.1 Å². The van der Waals surface area contributed by atoms with Gasteiger partial charge in [0.1, 0.15) is 6.04 Å². The number of benzene rings is 1. The van der Waals surface area contributed by atoms with Crippen molar-refractivity contribution in [3.63, 3.8) is 0 Å². The Morgan fingerprint density at radius 3 is 2.62 bits per heavy atom. The fraction of sp³-hybridized carbons (Fsp3) is 0.200. The van der Waals surface area contributed by atoms with Crippen molar-refractivity contribution in [1.82, 2.24) is 5.32 Å². The van der Waals surface area contributed by atoms with E-state index in [1.807, 2.05) is 0 Å². The molecule has 0 bridgehead atoms. The zero-order chi connectivity index (χ0) is 12.3. The summed E-state index contributed by atoms with van der Waals surface area (Å²) in [6.07, 6.45) is 0. The van der Waals surface area contributed by atoms with E-state index in [1.165, 1.54) is 6.92 Å². The number of primary amides is 1. The third kappa shape index (κ3) is 3.21. The Hall–Kier alpha value is -1.07. The van der Waals surface area contributed by atoms with Gasteiger partial charge in [-0.15, -0.1) is 0 Å². The highest BCUT2D eigenvalue weighted by molar-refractivity contribution is 9.10. The van der Waals surface area contributed by atoms with Crippen molar-refractivity contribution in [3.05, 3.63) is 33.3 Å². The number of hydrogen-bond donors (Lipinski definition) is 2. The molecule has 3 N–H and O–H groups in total. The first-order valence-corrected chi connectivity index (χ1v) is 5.64. The average molecular weight is 306 g/mol. The summed E-state index contributed by atoms with van der Waals surface area (Å²) in [5.74, 6) is -1.02. The summed E-state index contributed by atoms with van der Waals surface area (Å²) in [7, 11) is 0. The second-order valence-electron chi connectivity index (χ2n) is 3.22. The largest absolute Gasteiger partial charge is 0.368 e. The Kier molecular flexibility index (Phi) is 4.32. The van der Waals surface area contributed by atoms with E-state index in [0.29, 0.717) is 10.6 Å². The number of carbonyl (C=O) groups excluding carboxylic acids is 2. The maximum atomic E-state index is 11.7. The Labute approximate surface area is 106 Å². The molecule has 0 radical (unpaired) electrons. The van der Waals surface area contributed by atoms with Gasteiger partial charge < -0.3 is 11.1 Å². The van der Waals surface area contributed by atoms with Gasteiger partial charge in [-0.05, 0) is 25.1 Å². The van der Waals surface area contributed by atoms with E-state index < -0.39 is 17.9 Å². The quantitative estimate of drug-likeness (QED) is 0.892. The topological polar surface area (TPSA) is 72.2 Å². The zero-order valence-electron chi connectivity index (χ0n) is 8.46. The third-order valence-corrected chi connectivity index (χ3v) is 2.76. The molecule has 0 aromatic heterocycles. The number of rotatable bonds is 3. The van der Waals surface area contributed by atoms with Crippen molar-refractivity contribution in [2.24, 2.45) is 5.73 Å². The maximum absolute atomic E-state index is 11.7. The molecule has 4 nitrogen and oxygen atoms in total. The van der Waals surface area contributed by atoms with E-state index >= 15 is 0 Å². The van der Waals surface area contributed by atoms with Gasteiger partial charge in [0.2, 0.25) is 5.91 Å². The molecular weight excluding hydrogens is 295 g/mol. The highest BCUT2D eigenvalue weighted by Crippen LogP contribution is 2.21. The molecule has 1 aromatic carbocycles. The van der Waals surface area contributed by atoms with Crippen LogP contribution in [0.1, 0.15) is 17.3 Å². The van der Waals surface area contributed by atoms with Crippen LogP contribution in [-0.4, -0.2) is 17.9 Å². The highest BCUT2D eigenvalue weighted by Gasteiger charge is 2.15. The number of halogens is 2. The van der Waals surface area contributed by atoms with Crippen molar-refractivity contribution in [3.8, 4) is 0 Å². The molecule has 0 saturated carbocycles. The van der Waals surface area contributed by atoms with Crippen LogP contribution in [0, 0.1) is 0 Å². The van der Waals surface area contributed by atoms with Crippen molar-refractivity contribution >= 4 is 39.3 Å². The highest BCUT2D eigenvalue weighted by atomic mass is 79.9. The molecule has 16 heavy (non-hydrogen) atoms. The van der Waals surface area contributed by atoms with E-state index in [2.05, 4.69) is 21.2 Å². The van der Waals surface area contributed by atoms with E-state index in [4.69, 9.17) is 17.3 Å². The van der Waals surface area contributed by atoms with Crippen LogP contribution in [0.15, 0.2) is 22.7 Å². The Morgan fingerprint density at radius 2 is 2.12 bits per heavy atom. The van der Waals surface area contributed by atoms with Crippen LogP contribution in [0.3, 0.4) is 0 Å². The first kappa shape index (κ1) is 13.0. The summed E-state index contributed by atoms with van der Waals surface area (Å²) in [6, 6.07) is 4.13. The summed E-state index contributed by atoms with van der Waals surface area (Å²) in [5, 5.41) is 2.75. The molecule has 0 aliphatic rings. The molecule has 0 aliphatic carbocycles. The van der Waals surface area contributed by atoms with Gasteiger partial charge in [0, 0.05) is 4.47 Å². The number of amides is 2. The lowest BCUT2D eigenvalue weighted by atomic mass is 10.2. The molecule has 0 aliphatic heterocycles. The summed E-state index contributed by atoms with van der Waals surface area (Å²) >= 11 is 9.11. The summed E-state index contributed by atoms with van der Waals surface area (Å²) in [6.45, 7) is 1.51. The van der Waals surface area contributed by atoms with E-state index in [0.717, 1.165) is 4.47 Å². The smallest absolute Gasteiger partial charge is 0.253 e. The van der Waals surface area contributed by atoms with Gasteiger partial charge in [0.05, 0.1) is 10.6 Å². The van der Waals surface area contributed by atoms with Crippen LogP contribution in [-0.2, 0) is 4.79 Å². The normalized spacial score (nSPS) is 11.9. The van der Waals surface area contributed by atoms with Gasteiger partial charge >= 0.3 is 0 Å². The minimum Gasteiger partial charge on any atom is -0.368 e. The van der Waals surface area contributed by atoms with Crippen LogP contribution in [0.5, 0.6) is 0 Å². The second kappa shape index (κ2) is 5.32. The molecule has 0 unspecified atom stereocenters. The number of hydrogen-bond acceptors (Lipinski definition) is 2. The van der Waals surface area contributed by atoms with Gasteiger partial charge in [0.15, 0.2) is 0 Å². The number of carbonyl (C=O) groups is 2. The molecule has 0 heterocycles. The zero-order valence-corrected chi connectivity index (χ0v) is 10.8. The first-order chi connectivity index (χ1) is 7.41. The van der Waals surface area contributed by atoms with Crippen molar-refractivity contribution in [2.75, 3.05) is 0 Å². The minimum atomic E-state index is -0.729. The van der Waals surface area contributed by atoms with E-state index in [-0.39, 0.29) is 0 Å². The van der Waals surface area contributed by atoms with Gasteiger partial charge in [-0.3, -0.25) is 9.59 Å². The SMILES string of the molecule is C[C@@H](NC(=O)c1ccc(Br)cc1Cl)C(N)=O. The van der Waals surface area contributed by atoms with Crippen LogP contribution in [0.2, 0.25) is 5.02 Å². The summed E-state index contributed by atoms with van der Waals surface area (Å²) in [4.78, 5) is 22.4. The Balaban J connectivity index is 2.85. The van der Waals surface area contributed by atoms with Gasteiger partial charge in [-0.25, -0.2) is 0 Å². The molecule has 1 aromatic rings. The van der Waals surface area contributed by atoms with Gasteiger partial charge in [-0.2, -0.15) is 0 Å². The van der Waals surface area contributed by atoms with Crippen LogP contribution >= 0.6 is 27.5 Å². The molecule has 0 saturated heterocycles. The molecule has 86 valence electrons. The standard InChI is InChI=1S/C10H10BrClN2O2/c1-5(9(13)15)14-10(16)7-3-2-6(11)4-8(7)12/h2-5H,1H3,(H2,13,15)(H,14,16)/t5-/m1/s1. The van der Waals surface area contributed by atoms with Crippen molar-refractivity contribution < 1.29 is 9.59 Å². The number of nitrogens with two attached hydrogens (primary N) is 1. The monoisotopic (exact) mass is 304 g/mol. The molecular formula is C10H10BrClN2O2. The third-order valence-electron chi connectivity index (χ3n) is 1.95. The van der Waals surface area contributed by atoms with Crippen LogP contribution in [0.25, 0.3) is 0 Å². The number of nitrogens with one attached hydrogen (secondary N) is 1. The fourth-order valence-corrected chi connectivity index (χ4v) is 1.78. The van der Waals surface area contributed by atoms with Crippen molar-refractivity contribution in [2.45, 2.75) is 13.0 Å².